The van der Waals surface area contributed by atoms with Crippen molar-refractivity contribution in [3.63, 3.8) is 0 Å². The van der Waals surface area contributed by atoms with Crippen LogP contribution in [-0.2, 0) is 16.5 Å². The van der Waals surface area contributed by atoms with E-state index in [1.165, 1.54) is 25.7 Å². The van der Waals surface area contributed by atoms with Crippen LogP contribution in [0.5, 0.6) is 0 Å². The molecule has 0 aliphatic carbocycles. The van der Waals surface area contributed by atoms with E-state index in [4.69, 9.17) is 0 Å². The minimum atomic E-state index is 0. The van der Waals surface area contributed by atoms with Gasteiger partial charge in [0.1, 0.15) is 0 Å². The van der Waals surface area contributed by atoms with Crippen LogP contribution >= 0.6 is 0 Å². The van der Waals surface area contributed by atoms with Gasteiger partial charge in [0.15, 0.2) is 0 Å². The van der Waals surface area contributed by atoms with Gasteiger partial charge in [0.05, 0.1) is 0 Å². The molecule has 5 heteroatoms. The van der Waals surface area contributed by atoms with E-state index in [1.807, 2.05) is 0 Å². The first-order chi connectivity index (χ1) is 9.21. The molecule has 0 saturated carbocycles. The van der Waals surface area contributed by atoms with Crippen molar-refractivity contribution in [2.75, 3.05) is 26.2 Å². The molecule has 2 heterocycles. The third kappa shape index (κ3) is 12.4. The fourth-order valence-electron chi connectivity index (χ4n) is 3.23. The van der Waals surface area contributed by atoms with E-state index in [2.05, 4.69) is 52.2 Å². The van der Waals surface area contributed by atoms with Crippen LogP contribution in [0.1, 0.15) is 67.2 Å². The molecule has 2 saturated heterocycles. The number of hydrogen-bond donors (Lipinski definition) is 0. The number of halogens is 2. The molecule has 0 aromatic carbocycles. The number of hydrogen-bond acceptors (Lipinski definition) is 0. The first kappa shape index (κ1) is 29.1. The van der Waals surface area contributed by atoms with Crippen LogP contribution in [0.4, 0.5) is 0 Å². The Morgan fingerprint density at radius 1 is 0.565 bits per heavy atom. The summed E-state index contributed by atoms with van der Waals surface area (Å²) in [4.78, 5) is 0. The Morgan fingerprint density at radius 3 is 0.913 bits per heavy atom. The van der Waals surface area contributed by atoms with Crippen molar-refractivity contribution in [2.24, 2.45) is 22.7 Å². The molecule has 0 aromatic rings. The van der Waals surface area contributed by atoms with Gasteiger partial charge in [-0.2, -0.15) is 0 Å². The summed E-state index contributed by atoms with van der Waals surface area (Å²) < 4.78 is 0. The molecule has 0 bridgehead atoms. The van der Waals surface area contributed by atoms with E-state index in [1.54, 1.807) is 0 Å². The third-order valence-corrected chi connectivity index (χ3v) is 4.99. The number of nitrogens with zero attached hydrogens (tertiary/aromatic N) is 2. The second-order valence-corrected chi connectivity index (χ2v) is 8.62. The first-order valence-electron chi connectivity index (χ1n) is 8.48. The van der Waals surface area contributed by atoms with Crippen LogP contribution in [0.25, 0.3) is 10.6 Å². The van der Waals surface area contributed by atoms with Crippen molar-refractivity contribution < 1.29 is 50.5 Å². The molecule has 2 nitrogen and oxygen atoms in total. The molecule has 0 spiro atoms. The fourth-order valence-corrected chi connectivity index (χ4v) is 3.23. The van der Waals surface area contributed by atoms with Gasteiger partial charge in [-0.25, -0.2) is 0 Å². The average molecular weight is 499 g/mol. The van der Waals surface area contributed by atoms with Crippen molar-refractivity contribution in [3.05, 3.63) is 10.6 Å². The Balaban J connectivity index is -0.000000308. The first-order valence-corrected chi connectivity index (χ1v) is 8.48. The topological polar surface area (TPSA) is 28.2 Å². The largest absolute Gasteiger partial charge is 1.00 e. The summed E-state index contributed by atoms with van der Waals surface area (Å²) in [5.74, 6) is 1.81. The van der Waals surface area contributed by atoms with E-state index >= 15 is 0 Å². The molecule has 0 amide bonds. The zero-order valence-corrected chi connectivity index (χ0v) is 19.9. The molecule has 0 N–H and O–H groups in total. The van der Waals surface area contributed by atoms with Gasteiger partial charge in [-0.3, -0.25) is 0 Å². The molecule has 2 aliphatic heterocycles. The van der Waals surface area contributed by atoms with Gasteiger partial charge in [-0.15, -0.1) is 26.2 Å². The number of piperidine rings is 2. The van der Waals surface area contributed by atoms with Gasteiger partial charge in [0.2, 0.25) is 0 Å². The quantitative estimate of drug-likeness (QED) is 0.408. The molecule has 2 rings (SSSR count). The maximum absolute atomic E-state index is 4.34. The van der Waals surface area contributed by atoms with E-state index in [0.717, 1.165) is 38.0 Å². The average Bonchev–Trinajstić information content (AvgIpc) is 2.40. The summed E-state index contributed by atoms with van der Waals surface area (Å²) in [6, 6.07) is 0. The predicted molar refractivity (Wildman–Crippen MR) is 90.5 cm³/mol. The van der Waals surface area contributed by atoms with Crippen LogP contribution in [0.2, 0.25) is 0 Å². The zero-order valence-electron chi connectivity index (χ0n) is 15.8. The second kappa shape index (κ2) is 13.6. The Bertz CT molecular complexity index is 235. The molecule has 0 atom stereocenters. The van der Waals surface area contributed by atoms with Crippen molar-refractivity contribution in [3.8, 4) is 0 Å². The van der Waals surface area contributed by atoms with E-state index in [9.17, 15) is 0 Å². The SMILES string of the molecule is CC(C)(C)C1CC[N-]CC1.CC(C)(C)C1CC[N-]CC1.[Br-].[Br-].[Ni]. The zero-order chi connectivity index (χ0) is 15.2. The van der Waals surface area contributed by atoms with Crippen molar-refractivity contribution in [2.45, 2.75) is 67.2 Å². The molecule has 0 radical (unpaired) electrons. The van der Waals surface area contributed by atoms with Crippen molar-refractivity contribution in [1.29, 1.82) is 0 Å². The number of rotatable bonds is 0. The van der Waals surface area contributed by atoms with Gasteiger partial charge in [-0.05, 0) is 22.7 Å². The standard InChI is InChI=1S/2C9H18N.2BrH.Ni/c2*1-9(2,3)8-4-6-10-7-5-8;;;/h2*8H,4-7H2,1-3H3;2*1H;/q2*-1;;;/p-2. The summed E-state index contributed by atoms with van der Waals surface area (Å²) in [7, 11) is 0. The molecule has 23 heavy (non-hydrogen) atoms. The molecule has 2 fully saturated rings. The Labute approximate surface area is 176 Å². The predicted octanol–water partition coefficient (Wildman–Crippen LogP) is -0.362. The molecular formula is C18H36Br2N2Ni-4. The van der Waals surface area contributed by atoms with E-state index < -0.39 is 0 Å². The monoisotopic (exact) mass is 496 g/mol. The molecule has 0 aromatic heterocycles. The molecule has 2 aliphatic rings. The smallest absolute Gasteiger partial charge is 0 e. The summed E-state index contributed by atoms with van der Waals surface area (Å²) in [5.41, 5.74) is 1.02. The van der Waals surface area contributed by atoms with Crippen LogP contribution in [0.15, 0.2) is 0 Å². The second-order valence-electron chi connectivity index (χ2n) is 8.62. The van der Waals surface area contributed by atoms with Crippen LogP contribution < -0.4 is 34.0 Å². The molecular weight excluding hydrogens is 463 g/mol. The Kier molecular flexibility index (Phi) is 17.2. The van der Waals surface area contributed by atoms with Gasteiger partial charge >= 0.3 is 0 Å². The van der Waals surface area contributed by atoms with Crippen LogP contribution in [0, 0.1) is 22.7 Å². The van der Waals surface area contributed by atoms with Crippen molar-refractivity contribution >= 4 is 0 Å². The molecule has 0 unspecified atom stereocenters. The minimum Gasteiger partial charge on any atom is -1.00 e. The Morgan fingerprint density at radius 2 is 0.783 bits per heavy atom. The van der Waals surface area contributed by atoms with Gasteiger partial charge in [0.25, 0.3) is 0 Å². The third-order valence-electron chi connectivity index (χ3n) is 4.99. The normalized spacial score (nSPS) is 20.1. The maximum atomic E-state index is 4.34. The fraction of sp³-hybridized carbons (Fsp3) is 1.00. The molecule has 146 valence electrons. The van der Waals surface area contributed by atoms with E-state index in [-0.39, 0.29) is 50.5 Å². The Hall–Kier alpha value is 1.37. The van der Waals surface area contributed by atoms with Gasteiger partial charge in [-0.1, -0.05) is 67.2 Å². The summed E-state index contributed by atoms with van der Waals surface area (Å²) in [6.07, 6.45) is 5.24. The van der Waals surface area contributed by atoms with E-state index in [0.29, 0.717) is 10.8 Å². The minimum absolute atomic E-state index is 0. The summed E-state index contributed by atoms with van der Waals surface area (Å²) in [6.45, 7) is 18.4. The summed E-state index contributed by atoms with van der Waals surface area (Å²) in [5, 5.41) is 8.68. The summed E-state index contributed by atoms with van der Waals surface area (Å²) >= 11 is 0. The van der Waals surface area contributed by atoms with Crippen LogP contribution in [0.3, 0.4) is 0 Å². The maximum Gasteiger partial charge on any atom is 0 e. The van der Waals surface area contributed by atoms with Gasteiger partial charge in [0, 0.05) is 16.5 Å². The van der Waals surface area contributed by atoms with Crippen molar-refractivity contribution in [1.82, 2.24) is 0 Å². The van der Waals surface area contributed by atoms with Gasteiger partial charge < -0.3 is 44.6 Å². The van der Waals surface area contributed by atoms with Crippen LogP contribution in [-0.4, -0.2) is 26.2 Å².